The SMILES string of the molecule is c1ccc(-c2nc(-c3ccc4cc(-c5c6ccccc6c(-c6ccc7ccccc7c6)c6ccccc56)ccc4c3)n(-c3ccccc3)n2)cc1. The molecule has 0 atom stereocenters. The van der Waals surface area contributed by atoms with E-state index in [-0.39, 0.29) is 0 Å². The van der Waals surface area contributed by atoms with E-state index in [1.165, 1.54) is 60.0 Å². The minimum Gasteiger partial charge on any atom is -0.213 e. The molecule has 0 unspecified atom stereocenters. The Balaban J connectivity index is 1.13. The summed E-state index contributed by atoms with van der Waals surface area (Å²) in [7, 11) is 0. The molecule has 3 heteroatoms. The summed E-state index contributed by atoms with van der Waals surface area (Å²) in [6.07, 6.45) is 0. The fourth-order valence-electron chi connectivity index (χ4n) is 7.59. The van der Waals surface area contributed by atoms with Gasteiger partial charge in [-0.1, -0.05) is 158 Å². The van der Waals surface area contributed by atoms with Gasteiger partial charge in [-0.05, 0) is 95.7 Å². The second kappa shape index (κ2) is 11.9. The van der Waals surface area contributed by atoms with Crippen molar-refractivity contribution in [1.29, 1.82) is 0 Å². The molecule has 3 nitrogen and oxygen atoms in total. The average Bonchev–Trinajstić information content (AvgIpc) is 3.66. The normalized spacial score (nSPS) is 11.5. The summed E-state index contributed by atoms with van der Waals surface area (Å²) in [4.78, 5) is 5.07. The predicted octanol–water partition coefficient (Wildman–Crippen LogP) is 12.5. The van der Waals surface area contributed by atoms with Gasteiger partial charge in [-0.3, -0.25) is 0 Å². The van der Waals surface area contributed by atoms with Crippen LogP contribution < -0.4 is 0 Å². The summed E-state index contributed by atoms with van der Waals surface area (Å²) in [5, 5.41) is 14.8. The van der Waals surface area contributed by atoms with Crippen molar-refractivity contribution < 1.29 is 0 Å². The Kier molecular flexibility index (Phi) is 6.81. The van der Waals surface area contributed by atoms with E-state index in [4.69, 9.17) is 10.1 Å². The molecule has 0 N–H and O–H groups in total. The fourth-order valence-corrected chi connectivity index (χ4v) is 7.59. The monoisotopic (exact) mass is 649 g/mol. The zero-order valence-corrected chi connectivity index (χ0v) is 27.7. The van der Waals surface area contributed by atoms with Gasteiger partial charge in [-0.15, -0.1) is 5.10 Å². The molecule has 9 aromatic carbocycles. The van der Waals surface area contributed by atoms with Crippen LogP contribution in [0.25, 0.3) is 93.8 Å². The molecule has 10 rings (SSSR count). The third-order valence-corrected chi connectivity index (χ3v) is 10.00. The van der Waals surface area contributed by atoms with Gasteiger partial charge in [0.1, 0.15) is 0 Å². The zero-order chi connectivity index (χ0) is 33.7. The first-order chi connectivity index (χ1) is 25.3. The van der Waals surface area contributed by atoms with Gasteiger partial charge in [0.25, 0.3) is 0 Å². The lowest BCUT2D eigenvalue weighted by Gasteiger charge is -2.18. The summed E-state index contributed by atoms with van der Waals surface area (Å²) in [5.41, 5.74) is 7.95. The van der Waals surface area contributed by atoms with Crippen molar-refractivity contribution in [1.82, 2.24) is 14.8 Å². The largest absolute Gasteiger partial charge is 0.213 e. The lowest BCUT2D eigenvalue weighted by molar-refractivity contribution is 0.891. The third-order valence-electron chi connectivity index (χ3n) is 10.00. The molecule has 1 aromatic heterocycles. The second-order valence-corrected chi connectivity index (χ2v) is 13.1. The number of fused-ring (bicyclic) bond motifs is 4. The van der Waals surface area contributed by atoms with Crippen LogP contribution in [0.1, 0.15) is 0 Å². The van der Waals surface area contributed by atoms with E-state index in [1.54, 1.807) is 0 Å². The molecule has 0 aliphatic rings. The molecule has 0 fully saturated rings. The van der Waals surface area contributed by atoms with Crippen molar-refractivity contribution >= 4 is 43.1 Å². The van der Waals surface area contributed by atoms with Crippen molar-refractivity contribution in [3.63, 3.8) is 0 Å². The molecule has 1 heterocycles. The van der Waals surface area contributed by atoms with Gasteiger partial charge in [0.05, 0.1) is 5.69 Å². The molecule has 0 radical (unpaired) electrons. The van der Waals surface area contributed by atoms with Crippen LogP contribution in [-0.2, 0) is 0 Å². The maximum Gasteiger partial charge on any atom is 0.182 e. The van der Waals surface area contributed by atoms with Gasteiger partial charge < -0.3 is 0 Å². The van der Waals surface area contributed by atoms with Crippen LogP contribution in [0.15, 0.2) is 188 Å². The number of hydrogen-bond acceptors (Lipinski definition) is 2. The van der Waals surface area contributed by atoms with Crippen LogP contribution in [0.2, 0.25) is 0 Å². The van der Waals surface area contributed by atoms with E-state index in [0.717, 1.165) is 28.0 Å². The van der Waals surface area contributed by atoms with Crippen molar-refractivity contribution in [3.8, 4) is 50.7 Å². The Morgan fingerprint density at radius 3 is 1.35 bits per heavy atom. The Hall–Kier alpha value is -6.84. The zero-order valence-electron chi connectivity index (χ0n) is 27.7. The van der Waals surface area contributed by atoms with E-state index in [1.807, 2.05) is 41.1 Å². The van der Waals surface area contributed by atoms with Crippen LogP contribution in [0.4, 0.5) is 0 Å². The molecular weight excluding hydrogens is 619 g/mol. The molecule has 0 bridgehead atoms. The number of benzene rings is 9. The van der Waals surface area contributed by atoms with Crippen molar-refractivity contribution in [2.24, 2.45) is 0 Å². The maximum atomic E-state index is 5.07. The molecule has 0 aliphatic heterocycles. The van der Waals surface area contributed by atoms with Crippen LogP contribution in [0, 0.1) is 0 Å². The molecular formula is C48H31N3. The number of hydrogen-bond donors (Lipinski definition) is 0. The Morgan fingerprint density at radius 1 is 0.333 bits per heavy atom. The lowest BCUT2D eigenvalue weighted by Crippen LogP contribution is -1.99. The van der Waals surface area contributed by atoms with Crippen LogP contribution in [0.3, 0.4) is 0 Å². The first kappa shape index (κ1) is 29.1. The van der Waals surface area contributed by atoms with E-state index >= 15 is 0 Å². The highest BCUT2D eigenvalue weighted by Gasteiger charge is 2.18. The minimum atomic E-state index is 0.704. The van der Waals surface area contributed by atoms with E-state index < -0.39 is 0 Å². The molecule has 0 spiro atoms. The quantitative estimate of drug-likeness (QED) is 0.174. The van der Waals surface area contributed by atoms with Crippen molar-refractivity contribution in [3.05, 3.63) is 188 Å². The number of rotatable bonds is 5. The first-order valence-electron chi connectivity index (χ1n) is 17.3. The molecule has 10 aromatic rings. The highest BCUT2D eigenvalue weighted by atomic mass is 15.4. The standard InChI is InChI=1S/C48H31N3/c1-3-14-33(15-4-1)47-49-48(51(50-47)40-17-5-2-6-18-40)39-28-25-35-30-38(27-24-36(35)31-39)46-43-21-11-9-19-41(43)45(42-20-10-12-22-44(42)46)37-26-23-32-13-7-8-16-34(32)29-37/h1-31H. The van der Waals surface area contributed by atoms with Crippen molar-refractivity contribution in [2.75, 3.05) is 0 Å². The van der Waals surface area contributed by atoms with Gasteiger partial charge in [-0.2, -0.15) is 0 Å². The summed E-state index contributed by atoms with van der Waals surface area (Å²) in [5.74, 6) is 1.52. The van der Waals surface area contributed by atoms with E-state index in [2.05, 4.69) is 152 Å². The van der Waals surface area contributed by atoms with E-state index in [0.29, 0.717) is 5.82 Å². The average molecular weight is 650 g/mol. The smallest absolute Gasteiger partial charge is 0.182 e. The molecule has 0 saturated carbocycles. The molecule has 0 saturated heterocycles. The van der Waals surface area contributed by atoms with E-state index in [9.17, 15) is 0 Å². The van der Waals surface area contributed by atoms with Crippen LogP contribution in [0.5, 0.6) is 0 Å². The topological polar surface area (TPSA) is 30.7 Å². The minimum absolute atomic E-state index is 0.704. The number of nitrogens with zero attached hydrogens (tertiary/aromatic N) is 3. The number of para-hydroxylation sites is 1. The number of aromatic nitrogens is 3. The summed E-state index contributed by atoms with van der Waals surface area (Å²) < 4.78 is 1.95. The highest BCUT2D eigenvalue weighted by molar-refractivity contribution is 6.22. The van der Waals surface area contributed by atoms with Gasteiger partial charge in [0, 0.05) is 11.1 Å². The predicted molar refractivity (Wildman–Crippen MR) is 213 cm³/mol. The van der Waals surface area contributed by atoms with Gasteiger partial charge in [0.2, 0.25) is 0 Å². The van der Waals surface area contributed by atoms with Gasteiger partial charge in [-0.25, -0.2) is 9.67 Å². The molecule has 0 amide bonds. The fraction of sp³-hybridized carbons (Fsp3) is 0. The Bertz CT molecular complexity index is 2850. The summed E-state index contributed by atoms with van der Waals surface area (Å²) in [6, 6.07) is 67.0. The lowest BCUT2D eigenvalue weighted by atomic mass is 9.85. The summed E-state index contributed by atoms with van der Waals surface area (Å²) >= 11 is 0. The van der Waals surface area contributed by atoms with Crippen LogP contribution in [-0.4, -0.2) is 14.8 Å². The van der Waals surface area contributed by atoms with Gasteiger partial charge >= 0.3 is 0 Å². The highest BCUT2D eigenvalue weighted by Crippen LogP contribution is 2.44. The van der Waals surface area contributed by atoms with Crippen molar-refractivity contribution in [2.45, 2.75) is 0 Å². The Morgan fingerprint density at radius 2 is 0.765 bits per heavy atom. The molecule has 238 valence electrons. The summed E-state index contributed by atoms with van der Waals surface area (Å²) in [6.45, 7) is 0. The molecule has 0 aliphatic carbocycles. The Labute approximate surface area is 295 Å². The molecule has 51 heavy (non-hydrogen) atoms. The maximum absolute atomic E-state index is 5.07. The van der Waals surface area contributed by atoms with Gasteiger partial charge in [0.15, 0.2) is 11.6 Å². The first-order valence-corrected chi connectivity index (χ1v) is 17.3. The van der Waals surface area contributed by atoms with Crippen LogP contribution >= 0.6 is 0 Å². The third kappa shape index (κ3) is 4.98. The second-order valence-electron chi connectivity index (χ2n) is 13.1.